The molecule has 19 heavy (non-hydrogen) atoms. The highest BCUT2D eigenvalue weighted by atomic mass is 16.5. The quantitative estimate of drug-likeness (QED) is 0.696. The third-order valence-electron chi connectivity index (χ3n) is 3.11. The van der Waals surface area contributed by atoms with Gasteiger partial charge in [-0.2, -0.15) is 0 Å². The molecule has 0 bridgehead atoms. The van der Waals surface area contributed by atoms with Gasteiger partial charge in [-0.1, -0.05) is 18.2 Å². The molecule has 0 radical (unpaired) electrons. The Hall–Kier alpha value is -1.10. The average Bonchev–Trinajstić information content (AvgIpc) is 2.42. The maximum atomic E-state index is 6.05. The molecule has 0 aliphatic heterocycles. The van der Waals surface area contributed by atoms with E-state index < -0.39 is 0 Å². The molecule has 2 N–H and O–H groups in total. The number of hydrogen-bond acceptors (Lipinski definition) is 4. The van der Waals surface area contributed by atoms with Crippen molar-refractivity contribution >= 4 is 5.69 Å². The lowest BCUT2D eigenvalue weighted by atomic mass is 10.1. The van der Waals surface area contributed by atoms with Crippen LogP contribution in [0.2, 0.25) is 0 Å². The van der Waals surface area contributed by atoms with E-state index in [1.807, 2.05) is 13.0 Å². The number of ether oxygens (including phenoxy) is 2. The maximum absolute atomic E-state index is 6.05. The minimum Gasteiger partial charge on any atom is -0.385 e. The Morgan fingerprint density at radius 1 is 1.11 bits per heavy atom. The fourth-order valence-electron chi connectivity index (χ4n) is 2.11. The van der Waals surface area contributed by atoms with E-state index in [0.29, 0.717) is 6.61 Å². The van der Waals surface area contributed by atoms with E-state index in [1.165, 1.54) is 11.3 Å². The summed E-state index contributed by atoms with van der Waals surface area (Å²) < 4.78 is 10.3. The lowest BCUT2D eigenvalue weighted by molar-refractivity contribution is 0.191. The topological polar surface area (TPSA) is 47.7 Å². The minimum atomic E-state index is 0.0312. The summed E-state index contributed by atoms with van der Waals surface area (Å²) in [5, 5.41) is 0. The molecule has 0 saturated carbocycles. The molecule has 0 saturated heterocycles. The smallest absolute Gasteiger partial charge is 0.0637 e. The number of para-hydroxylation sites is 1. The van der Waals surface area contributed by atoms with Crippen LogP contribution in [0.15, 0.2) is 24.3 Å². The van der Waals surface area contributed by atoms with Crippen LogP contribution in [0, 0.1) is 0 Å². The lowest BCUT2D eigenvalue weighted by Gasteiger charge is -2.28. The summed E-state index contributed by atoms with van der Waals surface area (Å²) in [6.07, 6.45) is 0.994. The number of rotatable bonds is 9. The monoisotopic (exact) mass is 266 g/mol. The SMILES string of the molecule is COCCCN(CCOC)c1ccccc1C(C)N. The number of nitrogens with two attached hydrogens (primary N) is 1. The Balaban J connectivity index is 2.82. The van der Waals surface area contributed by atoms with Crippen LogP contribution in [-0.2, 0) is 9.47 Å². The van der Waals surface area contributed by atoms with Gasteiger partial charge in [0.2, 0.25) is 0 Å². The normalized spacial score (nSPS) is 12.4. The molecule has 1 atom stereocenters. The molecule has 0 fully saturated rings. The van der Waals surface area contributed by atoms with Gasteiger partial charge in [0.05, 0.1) is 6.61 Å². The number of hydrogen-bond donors (Lipinski definition) is 1. The standard InChI is InChI=1S/C15H26N2O2/c1-13(16)14-7-4-5-8-15(14)17(10-12-19-3)9-6-11-18-2/h4-5,7-8,13H,6,9-12,16H2,1-3H3. The third kappa shape index (κ3) is 5.19. The van der Waals surface area contributed by atoms with Crippen LogP contribution in [0.5, 0.6) is 0 Å². The van der Waals surface area contributed by atoms with E-state index in [-0.39, 0.29) is 6.04 Å². The van der Waals surface area contributed by atoms with Crippen molar-refractivity contribution in [3.63, 3.8) is 0 Å². The van der Waals surface area contributed by atoms with Crippen molar-refractivity contribution in [2.24, 2.45) is 5.73 Å². The summed E-state index contributed by atoms with van der Waals surface area (Å²) in [5.74, 6) is 0. The zero-order valence-electron chi connectivity index (χ0n) is 12.3. The lowest BCUT2D eigenvalue weighted by Crippen LogP contribution is -2.30. The zero-order chi connectivity index (χ0) is 14.1. The summed E-state index contributed by atoms with van der Waals surface area (Å²) in [4.78, 5) is 2.32. The van der Waals surface area contributed by atoms with Gasteiger partial charge in [-0.25, -0.2) is 0 Å². The van der Waals surface area contributed by atoms with Crippen molar-refractivity contribution in [2.45, 2.75) is 19.4 Å². The van der Waals surface area contributed by atoms with Crippen LogP contribution in [-0.4, -0.2) is 40.5 Å². The summed E-state index contributed by atoms with van der Waals surface area (Å²) in [6, 6.07) is 8.34. The van der Waals surface area contributed by atoms with Gasteiger partial charge in [0.1, 0.15) is 0 Å². The largest absolute Gasteiger partial charge is 0.385 e. The molecule has 0 heterocycles. The summed E-state index contributed by atoms with van der Waals surface area (Å²) >= 11 is 0. The van der Waals surface area contributed by atoms with Crippen LogP contribution in [0.3, 0.4) is 0 Å². The molecule has 108 valence electrons. The van der Waals surface area contributed by atoms with E-state index in [2.05, 4.69) is 23.1 Å². The van der Waals surface area contributed by atoms with Crippen molar-refractivity contribution in [3.8, 4) is 0 Å². The van der Waals surface area contributed by atoms with Crippen molar-refractivity contribution in [3.05, 3.63) is 29.8 Å². The van der Waals surface area contributed by atoms with Gasteiger partial charge in [-0.15, -0.1) is 0 Å². The van der Waals surface area contributed by atoms with Crippen LogP contribution >= 0.6 is 0 Å². The molecule has 0 amide bonds. The van der Waals surface area contributed by atoms with Gasteiger partial charge in [-0.05, 0) is 25.0 Å². The average molecular weight is 266 g/mol. The molecule has 0 aliphatic rings. The second-order valence-corrected chi connectivity index (χ2v) is 4.67. The highest BCUT2D eigenvalue weighted by Gasteiger charge is 2.12. The van der Waals surface area contributed by atoms with Gasteiger partial charge < -0.3 is 20.1 Å². The second kappa shape index (κ2) is 8.91. The van der Waals surface area contributed by atoms with Crippen LogP contribution in [0.1, 0.15) is 24.9 Å². The van der Waals surface area contributed by atoms with E-state index in [9.17, 15) is 0 Å². The fourth-order valence-corrected chi connectivity index (χ4v) is 2.11. The van der Waals surface area contributed by atoms with Crippen molar-refractivity contribution < 1.29 is 9.47 Å². The zero-order valence-corrected chi connectivity index (χ0v) is 12.3. The van der Waals surface area contributed by atoms with Gasteiger partial charge in [-0.3, -0.25) is 0 Å². The highest BCUT2D eigenvalue weighted by Crippen LogP contribution is 2.25. The summed E-state index contributed by atoms with van der Waals surface area (Å²) in [5.41, 5.74) is 8.43. The van der Waals surface area contributed by atoms with Crippen LogP contribution in [0.25, 0.3) is 0 Å². The van der Waals surface area contributed by atoms with E-state index in [1.54, 1.807) is 14.2 Å². The number of anilines is 1. The molecule has 1 aromatic rings. The summed E-state index contributed by atoms with van der Waals surface area (Å²) in [6.45, 7) is 5.30. The highest BCUT2D eigenvalue weighted by molar-refractivity contribution is 5.54. The van der Waals surface area contributed by atoms with Crippen molar-refractivity contribution in [2.75, 3.05) is 45.4 Å². The Labute approximate surface area is 116 Å². The molecule has 4 nitrogen and oxygen atoms in total. The molecule has 0 aromatic heterocycles. The number of benzene rings is 1. The van der Waals surface area contributed by atoms with Crippen LogP contribution < -0.4 is 10.6 Å². The molecule has 1 unspecified atom stereocenters. The molecule has 1 aromatic carbocycles. The van der Waals surface area contributed by atoms with E-state index >= 15 is 0 Å². The first kappa shape index (κ1) is 16.0. The first-order chi connectivity index (χ1) is 9.20. The van der Waals surface area contributed by atoms with Gasteiger partial charge in [0.15, 0.2) is 0 Å². The number of nitrogens with zero attached hydrogens (tertiary/aromatic N) is 1. The Morgan fingerprint density at radius 3 is 2.42 bits per heavy atom. The second-order valence-electron chi connectivity index (χ2n) is 4.67. The molecule has 0 spiro atoms. The Kier molecular flexibility index (Phi) is 7.48. The minimum absolute atomic E-state index is 0.0312. The van der Waals surface area contributed by atoms with Crippen molar-refractivity contribution in [1.82, 2.24) is 0 Å². The molecule has 1 rings (SSSR count). The molecular weight excluding hydrogens is 240 g/mol. The fraction of sp³-hybridized carbons (Fsp3) is 0.600. The molecule has 4 heteroatoms. The predicted molar refractivity (Wildman–Crippen MR) is 79.6 cm³/mol. The number of methoxy groups -OCH3 is 2. The maximum Gasteiger partial charge on any atom is 0.0637 e. The molecule has 0 aliphatic carbocycles. The van der Waals surface area contributed by atoms with E-state index in [4.69, 9.17) is 15.2 Å². The first-order valence-electron chi connectivity index (χ1n) is 6.78. The molecular formula is C15H26N2O2. The van der Waals surface area contributed by atoms with Gasteiger partial charge in [0.25, 0.3) is 0 Å². The Bertz CT molecular complexity index is 356. The van der Waals surface area contributed by atoms with Crippen LogP contribution in [0.4, 0.5) is 5.69 Å². The third-order valence-corrected chi connectivity index (χ3v) is 3.11. The summed E-state index contributed by atoms with van der Waals surface area (Å²) in [7, 11) is 3.46. The van der Waals surface area contributed by atoms with Crippen molar-refractivity contribution in [1.29, 1.82) is 0 Å². The Morgan fingerprint density at radius 2 is 1.79 bits per heavy atom. The first-order valence-corrected chi connectivity index (χ1v) is 6.78. The van der Waals surface area contributed by atoms with Gasteiger partial charge >= 0.3 is 0 Å². The van der Waals surface area contributed by atoms with Gasteiger partial charge in [0, 0.05) is 45.6 Å². The van der Waals surface area contributed by atoms with E-state index in [0.717, 1.165) is 26.1 Å². The predicted octanol–water partition coefficient (Wildman–Crippen LogP) is 2.20.